The summed E-state index contributed by atoms with van der Waals surface area (Å²) in [6, 6.07) is 22.7. The van der Waals surface area contributed by atoms with E-state index in [2.05, 4.69) is 43.6 Å². The monoisotopic (exact) mass is 767 g/mol. The van der Waals surface area contributed by atoms with E-state index in [1.165, 1.54) is 6.33 Å². The van der Waals surface area contributed by atoms with Gasteiger partial charge in [-0.1, -0.05) is 18.2 Å². The second-order valence-electron chi connectivity index (χ2n) is 15.8. The summed E-state index contributed by atoms with van der Waals surface area (Å²) in [6.07, 6.45) is 5.83. The first-order valence-corrected chi connectivity index (χ1v) is 19.8. The molecule has 3 unspecified atom stereocenters. The molecular formula is C43H45N9O5. The van der Waals surface area contributed by atoms with E-state index in [0.717, 1.165) is 89.7 Å². The van der Waals surface area contributed by atoms with E-state index in [-0.39, 0.29) is 31.0 Å². The van der Waals surface area contributed by atoms with Crippen molar-refractivity contribution in [3.8, 4) is 22.8 Å². The van der Waals surface area contributed by atoms with Gasteiger partial charge in [-0.05, 0) is 106 Å². The smallest absolute Gasteiger partial charge is 0.262 e. The molecular weight excluding hydrogens is 723 g/mol. The van der Waals surface area contributed by atoms with Gasteiger partial charge in [0.25, 0.3) is 11.8 Å². The zero-order valence-corrected chi connectivity index (χ0v) is 32.0. The maximum Gasteiger partial charge on any atom is 0.262 e. The SMILES string of the molecule is CC1CN(c2ccc3c(c2)C(=O)N(C2CCC(=O)NC2=O)C3=O)CC(C)N1CC1CCC(n2nc(-c3ccc(Oc4ccccc4)cc3)c3c(N)ncnc32)CC1. The van der Waals surface area contributed by atoms with Crippen LogP contribution in [0.3, 0.4) is 0 Å². The molecule has 2 saturated heterocycles. The Bertz CT molecular complexity index is 2360. The first-order valence-electron chi connectivity index (χ1n) is 19.8. The molecule has 14 nitrogen and oxygen atoms in total. The number of piperazine rings is 1. The Balaban J connectivity index is 0.841. The van der Waals surface area contributed by atoms with Crippen molar-refractivity contribution < 1.29 is 23.9 Å². The molecule has 9 rings (SSSR count). The quantitative estimate of drug-likeness (QED) is 0.189. The van der Waals surface area contributed by atoms with Crippen LogP contribution in [0.5, 0.6) is 11.5 Å². The number of nitrogens with one attached hydrogen (secondary N) is 1. The van der Waals surface area contributed by atoms with Gasteiger partial charge in [-0.25, -0.2) is 14.6 Å². The lowest BCUT2D eigenvalue weighted by Crippen LogP contribution is -2.58. The minimum atomic E-state index is -0.981. The van der Waals surface area contributed by atoms with E-state index in [1.807, 2.05) is 60.7 Å². The van der Waals surface area contributed by atoms with Crippen LogP contribution >= 0.6 is 0 Å². The third kappa shape index (κ3) is 6.77. The van der Waals surface area contributed by atoms with Crippen LogP contribution < -0.4 is 20.7 Å². The number of anilines is 2. The molecule has 3 fully saturated rings. The Morgan fingerprint density at radius 3 is 2.23 bits per heavy atom. The van der Waals surface area contributed by atoms with Crippen molar-refractivity contribution in [2.75, 3.05) is 30.3 Å². The van der Waals surface area contributed by atoms with Crippen LogP contribution in [-0.2, 0) is 9.59 Å². The van der Waals surface area contributed by atoms with E-state index in [4.69, 9.17) is 15.6 Å². The number of imide groups is 2. The average molecular weight is 768 g/mol. The number of para-hydroxylation sites is 1. The van der Waals surface area contributed by atoms with Crippen molar-refractivity contribution in [2.45, 2.75) is 76.5 Å². The highest BCUT2D eigenvalue weighted by Crippen LogP contribution is 2.39. The molecule has 3 aliphatic heterocycles. The van der Waals surface area contributed by atoms with Crippen molar-refractivity contribution in [1.29, 1.82) is 0 Å². The zero-order valence-electron chi connectivity index (χ0n) is 32.0. The number of carbonyl (C=O) groups is 4. The number of amides is 4. The number of nitrogens with two attached hydrogens (primary N) is 1. The molecule has 1 saturated carbocycles. The number of nitrogen functional groups attached to an aromatic ring is 1. The molecule has 57 heavy (non-hydrogen) atoms. The van der Waals surface area contributed by atoms with Crippen LogP contribution in [0.15, 0.2) is 79.1 Å². The fourth-order valence-corrected chi connectivity index (χ4v) is 9.21. The van der Waals surface area contributed by atoms with Crippen molar-refractivity contribution >= 4 is 46.2 Å². The van der Waals surface area contributed by atoms with Crippen LogP contribution in [0.2, 0.25) is 0 Å². The van der Waals surface area contributed by atoms with Gasteiger partial charge >= 0.3 is 0 Å². The zero-order chi connectivity index (χ0) is 39.4. The molecule has 3 aromatic carbocycles. The number of benzene rings is 3. The molecule has 2 aromatic heterocycles. The van der Waals surface area contributed by atoms with Gasteiger partial charge in [-0.3, -0.25) is 34.3 Å². The van der Waals surface area contributed by atoms with Gasteiger partial charge in [-0.15, -0.1) is 0 Å². The van der Waals surface area contributed by atoms with E-state index < -0.39 is 29.7 Å². The number of hydrogen-bond donors (Lipinski definition) is 2. The highest BCUT2D eigenvalue weighted by atomic mass is 16.5. The number of fused-ring (bicyclic) bond motifs is 2. The Hall–Kier alpha value is -6.15. The van der Waals surface area contributed by atoms with E-state index in [0.29, 0.717) is 22.9 Å². The van der Waals surface area contributed by atoms with Crippen molar-refractivity contribution in [3.05, 3.63) is 90.3 Å². The second-order valence-corrected chi connectivity index (χ2v) is 15.8. The molecule has 14 heteroatoms. The summed E-state index contributed by atoms with van der Waals surface area (Å²) in [7, 11) is 0. The van der Waals surface area contributed by atoms with Gasteiger partial charge in [0.2, 0.25) is 11.8 Å². The molecule has 1 aliphatic carbocycles. The van der Waals surface area contributed by atoms with Gasteiger partial charge in [0, 0.05) is 49.4 Å². The van der Waals surface area contributed by atoms with Gasteiger partial charge in [0.15, 0.2) is 5.65 Å². The molecule has 5 heterocycles. The summed E-state index contributed by atoms with van der Waals surface area (Å²) in [6.45, 7) is 7.06. The van der Waals surface area contributed by atoms with Crippen LogP contribution in [0.25, 0.3) is 22.3 Å². The number of ether oxygens (including phenoxy) is 1. The maximum absolute atomic E-state index is 13.5. The lowest BCUT2D eigenvalue weighted by atomic mass is 9.85. The van der Waals surface area contributed by atoms with Crippen LogP contribution in [0.4, 0.5) is 11.5 Å². The van der Waals surface area contributed by atoms with Crippen molar-refractivity contribution in [2.24, 2.45) is 5.92 Å². The molecule has 4 amide bonds. The topological polar surface area (TPSA) is 169 Å². The number of aromatic nitrogens is 4. The summed E-state index contributed by atoms with van der Waals surface area (Å²) in [4.78, 5) is 65.8. The fourth-order valence-electron chi connectivity index (χ4n) is 9.21. The highest BCUT2D eigenvalue weighted by Gasteiger charge is 2.45. The summed E-state index contributed by atoms with van der Waals surface area (Å²) in [5.74, 6) is 0.488. The Labute approximate surface area is 330 Å². The summed E-state index contributed by atoms with van der Waals surface area (Å²) < 4.78 is 8.08. The predicted octanol–water partition coefficient (Wildman–Crippen LogP) is 5.60. The van der Waals surface area contributed by atoms with E-state index in [1.54, 1.807) is 12.1 Å². The first kappa shape index (κ1) is 36.5. The first-order chi connectivity index (χ1) is 27.6. The van der Waals surface area contributed by atoms with E-state index >= 15 is 0 Å². The van der Waals surface area contributed by atoms with Gasteiger partial charge in [0.05, 0.1) is 22.6 Å². The largest absolute Gasteiger partial charge is 0.457 e. The lowest BCUT2D eigenvalue weighted by molar-refractivity contribution is -0.136. The third-order valence-corrected chi connectivity index (χ3v) is 12.1. The minimum Gasteiger partial charge on any atom is -0.457 e. The van der Waals surface area contributed by atoms with Crippen molar-refractivity contribution in [1.82, 2.24) is 34.9 Å². The summed E-state index contributed by atoms with van der Waals surface area (Å²) in [5, 5.41) is 8.15. The van der Waals surface area contributed by atoms with Gasteiger partial charge < -0.3 is 15.4 Å². The molecule has 0 bridgehead atoms. The number of piperidine rings is 1. The van der Waals surface area contributed by atoms with Gasteiger partial charge in [-0.2, -0.15) is 5.10 Å². The molecule has 0 spiro atoms. The predicted molar refractivity (Wildman–Crippen MR) is 214 cm³/mol. The maximum atomic E-state index is 13.5. The van der Waals surface area contributed by atoms with E-state index in [9.17, 15) is 19.2 Å². The number of nitrogens with zero attached hydrogens (tertiary/aromatic N) is 7. The molecule has 3 N–H and O–H groups in total. The lowest BCUT2D eigenvalue weighted by Gasteiger charge is -2.47. The van der Waals surface area contributed by atoms with Crippen LogP contribution in [-0.4, -0.2) is 90.9 Å². The Morgan fingerprint density at radius 2 is 1.51 bits per heavy atom. The molecule has 0 radical (unpaired) electrons. The fraction of sp³-hybridized carbons (Fsp3) is 0.372. The number of rotatable bonds is 8. The van der Waals surface area contributed by atoms with Crippen molar-refractivity contribution in [3.63, 3.8) is 0 Å². The third-order valence-electron chi connectivity index (χ3n) is 12.1. The molecule has 292 valence electrons. The normalized spacial score (nSPS) is 24.2. The molecule has 3 atom stereocenters. The Kier molecular flexibility index (Phi) is 9.43. The molecule has 4 aliphatic rings. The summed E-state index contributed by atoms with van der Waals surface area (Å²) >= 11 is 0. The second kappa shape index (κ2) is 14.7. The highest BCUT2D eigenvalue weighted by molar-refractivity contribution is 6.23. The average Bonchev–Trinajstić information content (AvgIpc) is 3.72. The molecule has 5 aromatic rings. The minimum absolute atomic E-state index is 0.0898. The Morgan fingerprint density at radius 1 is 0.807 bits per heavy atom. The van der Waals surface area contributed by atoms with Crippen LogP contribution in [0, 0.1) is 5.92 Å². The number of carbonyl (C=O) groups excluding carboxylic acids is 4. The van der Waals surface area contributed by atoms with Crippen LogP contribution in [0.1, 0.15) is 79.1 Å². The summed E-state index contributed by atoms with van der Waals surface area (Å²) in [5.41, 5.74) is 10.4. The number of hydrogen-bond acceptors (Lipinski definition) is 11. The van der Waals surface area contributed by atoms with Gasteiger partial charge in [0.1, 0.15) is 35.4 Å². The standard InChI is InChI=1S/C43H45N9O5/c1-25-21-49(30-14-17-33-34(20-30)43(56)51(42(33)55)35-18-19-36(53)47-41(35)54)22-26(2)50(25)23-27-8-12-29(13-9-27)52-40-37(39(44)45-24-46-40)38(48-52)28-10-15-32(16-11-28)57-31-6-4-3-5-7-31/h3-7,10-11,14-17,20,24-27,29,35H,8-9,12-13,18-19,21-23H2,1-2H3,(H2,44,45,46)(H,47,53,54).